The zero-order valence-electron chi connectivity index (χ0n) is 27.7. The molecule has 1 aliphatic carbocycles. The predicted octanol–water partition coefficient (Wildman–Crippen LogP) is 5.84. The van der Waals surface area contributed by atoms with Gasteiger partial charge in [-0.05, 0) is 73.3 Å². The summed E-state index contributed by atoms with van der Waals surface area (Å²) in [6.07, 6.45) is 0.656. The molecule has 0 unspecified atom stereocenters. The molecule has 2 aliphatic rings. The molecule has 4 rings (SSSR count). The van der Waals surface area contributed by atoms with Crippen molar-refractivity contribution in [3.8, 4) is 6.07 Å². The Bertz CT molecular complexity index is 1690. The lowest BCUT2D eigenvalue weighted by Crippen LogP contribution is -2.36. The SMILES string of the molecule is CC(C)(C)C(=O)OCOP(=O)(CS(=O)(=O)C[C@@H]1CC[C@H](n2ccc3c(NC4CC(F)C4)c(C#N)c(Cl)nc32)O1)OCOC(=O)C(C)(C)C. The van der Waals surface area contributed by atoms with Gasteiger partial charge in [0, 0.05) is 17.6 Å². The number of aromatic nitrogens is 2. The number of esters is 2. The number of sulfone groups is 1. The molecular weight excluding hydrogens is 694 g/mol. The Morgan fingerprint density at radius 2 is 1.71 bits per heavy atom. The van der Waals surface area contributed by atoms with Crippen LogP contribution in [-0.2, 0) is 47.2 Å². The molecule has 3 heterocycles. The van der Waals surface area contributed by atoms with Crippen molar-refractivity contribution in [3.63, 3.8) is 0 Å². The maximum atomic E-state index is 13.6. The van der Waals surface area contributed by atoms with Gasteiger partial charge in [0.15, 0.2) is 20.5 Å². The Kier molecular flexibility index (Phi) is 11.6. The second kappa shape index (κ2) is 14.6. The van der Waals surface area contributed by atoms with Crippen LogP contribution < -0.4 is 5.32 Å². The van der Waals surface area contributed by atoms with Gasteiger partial charge in [0.25, 0.3) is 0 Å². The average Bonchev–Trinajstić information content (AvgIpc) is 3.56. The first-order valence-electron chi connectivity index (χ1n) is 15.3. The van der Waals surface area contributed by atoms with Crippen molar-refractivity contribution in [2.45, 2.75) is 91.8 Å². The number of alkyl halides is 1. The van der Waals surface area contributed by atoms with E-state index in [0.29, 0.717) is 42.4 Å². The molecule has 1 N–H and O–H groups in total. The van der Waals surface area contributed by atoms with Crippen molar-refractivity contribution in [1.29, 1.82) is 5.26 Å². The second-order valence-electron chi connectivity index (χ2n) is 13.9. The third-order valence-electron chi connectivity index (χ3n) is 7.65. The smallest absolute Gasteiger partial charge is 0.351 e. The number of halogens is 2. The predicted molar refractivity (Wildman–Crippen MR) is 173 cm³/mol. The zero-order chi connectivity index (χ0) is 35.7. The molecular formula is C30H41ClFN4O10PS. The minimum atomic E-state index is -4.53. The van der Waals surface area contributed by atoms with E-state index >= 15 is 0 Å². The number of nitrogens with zero attached hydrogens (tertiary/aromatic N) is 3. The summed E-state index contributed by atoms with van der Waals surface area (Å²) in [5, 5.41) is 13.4. The fourth-order valence-corrected chi connectivity index (χ4v) is 9.42. The van der Waals surface area contributed by atoms with Gasteiger partial charge in [-0.1, -0.05) is 11.6 Å². The van der Waals surface area contributed by atoms with Crippen LogP contribution in [0.4, 0.5) is 10.1 Å². The average molecular weight is 735 g/mol. The van der Waals surface area contributed by atoms with E-state index in [-0.39, 0.29) is 16.8 Å². The monoisotopic (exact) mass is 734 g/mol. The van der Waals surface area contributed by atoms with Crippen LogP contribution in [0.3, 0.4) is 0 Å². The van der Waals surface area contributed by atoms with Crippen LogP contribution in [0.5, 0.6) is 0 Å². The molecule has 0 spiro atoms. The fraction of sp³-hybridized carbons (Fsp3) is 0.667. The van der Waals surface area contributed by atoms with E-state index in [4.69, 9.17) is 34.9 Å². The van der Waals surface area contributed by atoms with E-state index in [1.165, 1.54) is 0 Å². The van der Waals surface area contributed by atoms with E-state index in [2.05, 4.69) is 10.3 Å². The highest BCUT2D eigenvalue weighted by molar-refractivity contribution is 7.97. The summed E-state index contributed by atoms with van der Waals surface area (Å²) in [4.78, 5) is 28.7. The molecule has 1 aliphatic heterocycles. The third-order valence-corrected chi connectivity index (χ3v) is 12.6. The first kappa shape index (κ1) is 38.0. The molecule has 0 aromatic carbocycles. The molecule has 2 aromatic heterocycles. The van der Waals surface area contributed by atoms with Gasteiger partial charge in [0.1, 0.15) is 29.7 Å². The zero-order valence-corrected chi connectivity index (χ0v) is 30.1. The quantitative estimate of drug-likeness (QED) is 0.112. The summed E-state index contributed by atoms with van der Waals surface area (Å²) in [7, 11) is -8.72. The number of hydrogen-bond acceptors (Lipinski definition) is 13. The fourth-order valence-electron chi connectivity index (χ4n) is 4.95. The number of pyridine rings is 1. The van der Waals surface area contributed by atoms with Gasteiger partial charge in [0.05, 0.1) is 28.4 Å². The van der Waals surface area contributed by atoms with Gasteiger partial charge < -0.3 is 24.1 Å². The molecule has 266 valence electrons. The van der Waals surface area contributed by atoms with Gasteiger partial charge >= 0.3 is 19.5 Å². The number of hydrogen-bond donors (Lipinski definition) is 1. The normalized spacial score (nSPS) is 21.8. The summed E-state index contributed by atoms with van der Waals surface area (Å²) < 4.78 is 81.8. The number of nitriles is 1. The summed E-state index contributed by atoms with van der Waals surface area (Å²) in [6.45, 7) is 7.84. The van der Waals surface area contributed by atoms with E-state index in [1.807, 2.05) is 6.07 Å². The van der Waals surface area contributed by atoms with Crippen LogP contribution in [0.2, 0.25) is 5.15 Å². The highest BCUT2D eigenvalue weighted by atomic mass is 35.5. The first-order valence-corrected chi connectivity index (χ1v) is 19.2. The third kappa shape index (κ3) is 9.46. The van der Waals surface area contributed by atoms with Crippen molar-refractivity contribution in [3.05, 3.63) is 23.0 Å². The van der Waals surface area contributed by atoms with Crippen molar-refractivity contribution < 1.29 is 50.2 Å². The van der Waals surface area contributed by atoms with Gasteiger partial charge in [-0.2, -0.15) is 5.26 Å². The lowest BCUT2D eigenvalue weighted by molar-refractivity contribution is -0.161. The Balaban J connectivity index is 1.45. The number of rotatable bonds is 13. The molecule has 14 nitrogen and oxygen atoms in total. The van der Waals surface area contributed by atoms with Crippen molar-refractivity contribution in [2.75, 3.05) is 30.1 Å². The van der Waals surface area contributed by atoms with Gasteiger partial charge in [-0.15, -0.1) is 0 Å². The molecule has 1 saturated carbocycles. The van der Waals surface area contributed by atoms with Crippen LogP contribution in [0, 0.1) is 22.2 Å². The summed E-state index contributed by atoms with van der Waals surface area (Å²) in [6, 6.07) is 3.62. The summed E-state index contributed by atoms with van der Waals surface area (Å²) in [5.74, 6) is -1.91. The highest BCUT2D eigenvalue weighted by Crippen LogP contribution is 2.50. The van der Waals surface area contributed by atoms with Crippen LogP contribution >= 0.6 is 19.2 Å². The Labute approximate surface area is 284 Å². The number of carbonyl (C=O) groups excluding carboxylic acids is 2. The van der Waals surface area contributed by atoms with Crippen LogP contribution in [-0.4, -0.2) is 73.1 Å². The number of nitrogens with one attached hydrogen (secondary N) is 1. The molecule has 1 saturated heterocycles. The Morgan fingerprint density at radius 1 is 1.12 bits per heavy atom. The van der Waals surface area contributed by atoms with E-state index in [1.54, 1.807) is 58.4 Å². The van der Waals surface area contributed by atoms with E-state index < -0.39 is 83.5 Å². The second-order valence-corrected chi connectivity index (χ2v) is 18.9. The maximum absolute atomic E-state index is 13.6. The largest absolute Gasteiger partial charge is 0.438 e. The lowest BCUT2D eigenvalue weighted by atomic mass is 9.90. The lowest BCUT2D eigenvalue weighted by Gasteiger charge is -2.31. The number of ether oxygens (including phenoxy) is 3. The maximum Gasteiger partial charge on any atom is 0.351 e. The van der Waals surface area contributed by atoms with E-state index in [9.17, 15) is 32.2 Å². The van der Waals surface area contributed by atoms with Gasteiger partial charge in [-0.25, -0.2) is 17.8 Å². The summed E-state index contributed by atoms with van der Waals surface area (Å²) >= 11 is 6.36. The standard InChI is InChI=1S/C30H41ClFN4O10PS/c1-29(2,3)27(37)42-15-44-47(39,45-16-43-28(38)30(4,5)6)17-48(40,41)14-20-7-8-23(46-20)36-10-9-21-24(34-19-11-18(32)12-19)22(13-33)25(31)35-26(21)36/h9-10,18-20,23H,7-8,11-12,14-17H2,1-6H3,(H,34,35)/t18?,19?,20-,23+/m0/s1. The molecule has 2 fully saturated rings. The molecule has 2 aromatic rings. The minimum Gasteiger partial charge on any atom is -0.438 e. The molecule has 0 radical (unpaired) electrons. The minimum absolute atomic E-state index is 0.0437. The summed E-state index contributed by atoms with van der Waals surface area (Å²) in [5.41, 5.74) is -1.94. The van der Waals surface area contributed by atoms with Crippen LogP contribution in [0.15, 0.2) is 12.3 Å². The van der Waals surface area contributed by atoms with Crippen molar-refractivity contribution >= 4 is 57.7 Å². The molecule has 0 amide bonds. The van der Waals surface area contributed by atoms with Crippen LogP contribution in [0.25, 0.3) is 11.0 Å². The number of carbonyl (C=O) groups is 2. The Morgan fingerprint density at radius 3 is 2.23 bits per heavy atom. The molecule has 0 bridgehead atoms. The molecule has 2 atom stereocenters. The molecule has 18 heteroatoms. The Hall–Kier alpha value is -2.80. The van der Waals surface area contributed by atoms with Crippen molar-refractivity contribution in [2.24, 2.45) is 10.8 Å². The first-order chi connectivity index (χ1) is 22.2. The van der Waals surface area contributed by atoms with Gasteiger partial charge in [-0.3, -0.25) is 23.2 Å². The van der Waals surface area contributed by atoms with Crippen molar-refractivity contribution in [1.82, 2.24) is 9.55 Å². The van der Waals surface area contributed by atoms with E-state index in [0.717, 1.165) is 0 Å². The van der Waals surface area contributed by atoms with Crippen LogP contribution in [0.1, 0.15) is 79.0 Å². The number of anilines is 1. The molecule has 48 heavy (non-hydrogen) atoms. The topological polar surface area (TPSA) is 185 Å². The number of fused-ring (bicyclic) bond motifs is 1. The van der Waals surface area contributed by atoms with Gasteiger partial charge in [0.2, 0.25) is 13.6 Å². The highest BCUT2D eigenvalue weighted by Gasteiger charge is 2.39.